The Hall–Kier alpha value is -2.47. The molecule has 1 aliphatic heterocycles. The Balaban J connectivity index is 1.61. The third kappa shape index (κ3) is 2.76. The highest BCUT2D eigenvalue weighted by Gasteiger charge is 2.37. The fourth-order valence-electron chi connectivity index (χ4n) is 3.66. The van der Waals surface area contributed by atoms with Crippen LogP contribution >= 0.6 is 0 Å². The Bertz CT molecular complexity index is 852. The van der Waals surface area contributed by atoms with E-state index >= 15 is 0 Å². The molecule has 0 saturated carbocycles. The summed E-state index contributed by atoms with van der Waals surface area (Å²) in [7, 11) is 0. The van der Waals surface area contributed by atoms with Crippen LogP contribution in [-0.2, 0) is 6.42 Å². The molecule has 0 fully saturated rings. The third-order valence-electron chi connectivity index (χ3n) is 4.83. The average Bonchev–Trinajstić information content (AvgIpc) is 3.10. The van der Waals surface area contributed by atoms with Gasteiger partial charge in [-0.05, 0) is 30.9 Å². The van der Waals surface area contributed by atoms with E-state index in [-0.39, 0.29) is 23.9 Å². The summed E-state index contributed by atoms with van der Waals surface area (Å²) in [4.78, 5) is 12.7. The van der Waals surface area contributed by atoms with Gasteiger partial charge in [-0.2, -0.15) is 0 Å². The van der Waals surface area contributed by atoms with Gasteiger partial charge in [-0.3, -0.25) is 4.79 Å². The van der Waals surface area contributed by atoms with E-state index in [0.717, 1.165) is 5.56 Å². The molecule has 0 spiro atoms. The zero-order chi connectivity index (χ0) is 17.8. The van der Waals surface area contributed by atoms with Crippen LogP contribution in [0.1, 0.15) is 53.8 Å². The van der Waals surface area contributed by atoms with Gasteiger partial charge in [-0.1, -0.05) is 13.8 Å². The predicted octanol–water partition coefficient (Wildman–Crippen LogP) is 3.57. The molecule has 2 aromatic rings. The maximum atomic E-state index is 12.7. The molecule has 1 unspecified atom stereocenters. The molecule has 1 aromatic heterocycles. The molecule has 1 aromatic carbocycles. The summed E-state index contributed by atoms with van der Waals surface area (Å²) < 4.78 is 16.4. The predicted molar refractivity (Wildman–Crippen MR) is 91.0 cm³/mol. The number of benzene rings is 1. The Labute approximate surface area is 145 Å². The Morgan fingerprint density at radius 3 is 2.84 bits per heavy atom. The minimum Gasteiger partial charge on any atom is -0.455 e. The number of carbonyl (C=O) groups excluding carboxylic acids is 1. The fraction of sp³-hybridized carbons (Fsp3) is 0.421. The lowest BCUT2D eigenvalue weighted by molar-refractivity contribution is 0.0910. The van der Waals surface area contributed by atoms with Crippen molar-refractivity contribution in [2.24, 2.45) is 5.41 Å². The number of furan rings is 1. The minimum absolute atomic E-state index is 0.0538. The molecule has 2 aliphatic rings. The monoisotopic (exact) mass is 343 g/mol. The third-order valence-corrected chi connectivity index (χ3v) is 4.83. The van der Waals surface area contributed by atoms with Crippen LogP contribution in [0.4, 0.5) is 5.69 Å². The van der Waals surface area contributed by atoms with Crippen LogP contribution in [0.5, 0.6) is 11.5 Å². The highest BCUT2D eigenvalue weighted by molar-refractivity contribution is 6.03. The summed E-state index contributed by atoms with van der Waals surface area (Å²) in [5.74, 6) is 1.88. The first kappa shape index (κ1) is 16.0. The van der Waals surface area contributed by atoms with Crippen LogP contribution in [0.15, 0.2) is 22.6 Å². The Kier molecular flexibility index (Phi) is 3.54. The van der Waals surface area contributed by atoms with Gasteiger partial charge < -0.3 is 24.3 Å². The van der Waals surface area contributed by atoms with Gasteiger partial charge in [0.15, 0.2) is 17.3 Å². The summed E-state index contributed by atoms with van der Waals surface area (Å²) in [5.41, 5.74) is 2.01. The number of anilines is 1. The molecule has 1 amide bonds. The number of carbonyl (C=O) groups is 1. The quantitative estimate of drug-likeness (QED) is 0.871. The van der Waals surface area contributed by atoms with Crippen molar-refractivity contribution in [1.29, 1.82) is 0 Å². The molecule has 2 N–H and O–H groups in total. The molecule has 0 radical (unpaired) electrons. The van der Waals surface area contributed by atoms with Crippen LogP contribution in [0.2, 0.25) is 0 Å². The molecular weight excluding hydrogens is 322 g/mol. The van der Waals surface area contributed by atoms with Gasteiger partial charge in [-0.15, -0.1) is 0 Å². The number of aliphatic hydroxyl groups excluding tert-OH is 1. The van der Waals surface area contributed by atoms with Crippen LogP contribution in [0.25, 0.3) is 0 Å². The van der Waals surface area contributed by atoms with E-state index < -0.39 is 6.10 Å². The second-order valence-electron chi connectivity index (χ2n) is 7.48. The van der Waals surface area contributed by atoms with Gasteiger partial charge in [0.1, 0.15) is 5.76 Å². The zero-order valence-corrected chi connectivity index (χ0v) is 14.5. The first-order valence-electron chi connectivity index (χ1n) is 8.35. The van der Waals surface area contributed by atoms with E-state index in [1.54, 1.807) is 18.2 Å². The highest BCUT2D eigenvalue weighted by atomic mass is 16.7. The van der Waals surface area contributed by atoms with Gasteiger partial charge >= 0.3 is 0 Å². The fourth-order valence-corrected chi connectivity index (χ4v) is 3.66. The van der Waals surface area contributed by atoms with Gasteiger partial charge in [-0.25, -0.2) is 0 Å². The number of rotatable bonds is 2. The summed E-state index contributed by atoms with van der Waals surface area (Å²) >= 11 is 0. The van der Waals surface area contributed by atoms with E-state index in [0.29, 0.717) is 41.4 Å². The van der Waals surface area contributed by atoms with Crippen LogP contribution in [-0.4, -0.2) is 17.8 Å². The molecule has 25 heavy (non-hydrogen) atoms. The van der Waals surface area contributed by atoms with Gasteiger partial charge in [0.25, 0.3) is 5.91 Å². The van der Waals surface area contributed by atoms with Crippen molar-refractivity contribution in [2.45, 2.75) is 39.7 Å². The van der Waals surface area contributed by atoms with Crippen molar-refractivity contribution in [2.75, 3.05) is 12.1 Å². The normalized spacial score (nSPS) is 20.2. The molecule has 0 bridgehead atoms. The van der Waals surface area contributed by atoms with E-state index in [2.05, 4.69) is 19.2 Å². The van der Waals surface area contributed by atoms with Crippen LogP contribution < -0.4 is 14.8 Å². The average molecular weight is 343 g/mol. The summed E-state index contributed by atoms with van der Waals surface area (Å²) in [6.07, 6.45) is 0.760. The first-order valence-corrected chi connectivity index (χ1v) is 8.35. The lowest BCUT2D eigenvalue weighted by Gasteiger charge is -2.31. The number of amides is 1. The maximum absolute atomic E-state index is 12.7. The standard InChI is InChI=1S/C19H21NO5/c1-10-16-12(21)7-19(2,3)8-15(16)25-17(10)18(22)20-11-4-5-13-14(6-11)24-9-23-13/h4-6,12,21H,7-9H2,1-3H3,(H,20,22). The minimum atomic E-state index is -0.602. The van der Waals surface area contributed by atoms with E-state index in [9.17, 15) is 9.90 Å². The maximum Gasteiger partial charge on any atom is 0.291 e. The molecule has 6 heteroatoms. The lowest BCUT2D eigenvalue weighted by atomic mass is 9.75. The number of fused-ring (bicyclic) bond motifs is 2. The van der Waals surface area contributed by atoms with Gasteiger partial charge in [0.05, 0.1) is 6.10 Å². The molecule has 132 valence electrons. The molecule has 1 aliphatic carbocycles. The van der Waals surface area contributed by atoms with Crippen molar-refractivity contribution in [1.82, 2.24) is 0 Å². The molecule has 6 nitrogen and oxygen atoms in total. The number of hydrogen-bond acceptors (Lipinski definition) is 5. The van der Waals surface area contributed by atoms with Crippen molar-refractivity contribution in [3.63, 3.8) is 0 Å². The molecule has 0 saturated heterocycles. The molecule has 4 rings (SSSR count). The van der Waals surface area contributed by atoms with Crippen molar-refractivity contribution >= 4 is 11.6 Å². The summed E-state index contributed by atoms with van der Waals surface area (Å²) in [6.45, 7) is 6.18. The Morgan fingerprint density at radius 2 is 2.04 bits per heavy atom. The second-order valence-corrected chi connectivity index (χ2v) is 7.48. The summed E-state index contributed by atoms with van der Waals surface area (Å²) in [5, 5.41) is 13.3. The van der Waals surface area contributed by atoms with Gasteiger partial charge in [0, 0.05) is 29.3 Å². The SMILES string of the molecule is Cc1c(C(=O)Nc2ccc3c(c2)OCO3)oc2c1C(O)CC(C)(C)C2. The molecular formula is C19H21NO5. The largest absolute Gasteiger partial charge is 0.455 e. The van der Waals surface area contributed by atoms with E-state index in [1.807, 2.05) is 6.92 Å². The van der Waals surface area contributed by atoms with E-state index in [4.69, 9.17) is 13.9 Å². The second kappa shape index (κ2) is 5.52. The number of hydrogen-bond donors (Lipinski definition) is 2. The van der Waals surface area contributed by atoms with Crippen LogP contribution in [0.3, 0.4) is 0 Å². The number of nitrogens with one attached hydrogen (secondary N) is 1. The zero-order valence-electron chi connectivity index (χ0n) is 14.5. The van der Waals surface area contributed by atoms with Crippen LogP contribution in [0, 0.1) is 12.3 Å². The smallest absolute Gasteiger partial charge is 0.291 e. The topological polar surface area (TPSA) is 80.9 Å². The first-order chi connectivity index (χ1) is 11.8. The number of aliphatic hydroxyl groups is 1. The molecule has 2 heterocycles. The highest BCUT2D eigenvalue weighted by Crippen LogP contribution is 2.44. The van der Waals surface area contributed by atoms with Crippen molar-refractivity contribution in [3.8, 4) is 11.5 Å². The lowest BCUT2D eigenvalue weighted by Crippen LogP contribution is -2.24. The van der Waals surface area contributed by atoms with Crippen molar-refractivity contribution < 1.29 is 23.8 Å². The van der Waals surface area contributed by atoms with Gasteiger partial charge in [0.2, 0.25) is 6.79 Å². The van der Waals surface area contributed by atoms with E-state index in [1.165, 1.54) is 0 Å². The Morgan fingerprint density at radius 1 is 1.28 bits per heavy atom. The van der Waals surface area contributed by atoms with Crippen molar-refractivity contribution in [3.05, 3.63) is 40.8 Å². The molecule has 1 atom stereocenters. The summed E-state index contributed by atoms with van der Waals surface area (Å²) in [6, 6.07) is 5.22. The number of ether oxygens (including phenoxy) is 2.